The van der Waals surface area contributed by atoms with Crippen molar-refractivity contribution in [3.8, 4) is 5.75 Å². The Morgan fingerprint density at radius 2 is 1.56 bits per heavy atom. The molecule has 1 heterocycles. The Labute approximate surface area is 199 Å². The van der Waals surface area contributed by atoms with E-state index in [0.29, 0.717) is 33.7 Å². The summed E-state index contributed by atoms with van der Waals surface area (Å²) in [7, 11) is 0. The third-order valence-electron chi connectivity index (χ3n) is 5.52. The Balaban J connectivity index is 1.42. The van der Waals surface area contributed by atoms with Crippen LogP contribution < -0.4 is 10.9 Å². The van der Waals surface area contributed by atoms with Crippen molar-refractivity contribution < 1.29 is 9.90 Å². The third-order valence-corrected chi connectivity index (χ3v) is 6.49. The van der Waals surface area contributed by atoms with Crippen molar-refractivity contribution in [2.75, 3.05) is 11.1 Å². The number of thioether (sulfide) groups is 1. The maximum absolute atomic E-state index is 13.3. The van der Waals surface area contributed by atoms with E-state index in [1.807, 2.05) is 48.5 Å². The molecule has 2 N–H and O–H groups in total. The second kappa shape index (κ2) is 9.41. The van der Waals surface area contributed by atoms with E-state index in [1.54, 1.807) is 47.0 Å². The largest absolute Gasteiger partial charge is 0.507 e. The minimum Gasteiger partial charge on any atom is -0.507 e. The number of fused-ring (bicyclic) bond motifs is 2. The summed E-state index contributed by atoms with van der Waals surface area (Å²) in [5.74, 6) is 0.0113. The fraction of sp³-hybridized carbons (Fsp3) is 0.0741. The van der Waals surface area contributed by atoms with E-state index in [-0.39, 0.29) is 23.0 Å². The molecule has 1 amide bonds. The fourth-order valence-corrected chi connectivity index (χ4v) is 4.68. The smallest absolute Gasteiger partial charge is 0.262 e. The molecule has 1 aromatic heterocycles. The van der Waals surface area contributed by atoms with Gasteiger partial charge in [-0.25, -0.2) is 4.98 Å². The topological polar surface area (TPSA) is 84.2 Å². The molecule has 0 bridgehead atoms. The molecule has 0 atom stereocenters. The van der Waals surface area contributed by atoms with Crippen LogP contribution in [0.15, 0.2) is 101 Å². The van der Waals surface area contributed by atoms with Crippen LogP contribution >= 0.6 is 11.8 Å². The molecule has 0 saturated heterocycles. The molecule has 0 aliphatic heterocycles. The number of hydrogen-bond donors (Lipinski definition) is 2. The zero-order valence-electron chi connectivity index (χ0n) is 18.1. The summed E-state index contributed by atoms with van der Waals surface area (Å²) in [4.78, 5) is 30.8. The predicted molar refractivity (Wildman–Crippen MR) is 137 cm³/mol. The molecule has 168 valence electrons. The molecule has 6 nitrogen and oxygen atoms in total. The van der Waals surface area contributed by atoms with E-state index in [0.717, 1.165) is 10.9 Å². The van der Waals surface area contributed by atoms with Crippen molar-refractivity contribution in [1.82, 2.24) is 9.55 Å². The number of carbonyl (C=O) groups excluding carboxylic acids is 1. The van der Waals surface area contributed by atoms with Gasteiger partial charge >= 0.3 is 0 Å². The number of hydrogen-bond acceptors (Lipinski definition) is 5. The first-order valence-electron chi connectivity index (χ1n) is 10.8. The molecule has 0 aliphatic rings. The maximum Gasteiger partial charge on any atom is 0.262 e. The molecule has 4 aromatic carbocycles. The molecular weight excluding hydrogens is 446 g/mol. The van der Waals surface area contributed by atoms with Crippen molar-refractivity contribution in [2.45, 2.75) is 11.7 Å². The number of benzene rings is 4. The van der Waals surface area contributed by atoms with Crippen LogP contribution in [0.3, 0.4) is 0 Å². The molecule has 7 heteroatoms. The Morgan fingerprint density at radius 3 is 2.41 bits per heavy atom. The number of aromatic hydroxyl groups is 1. The van der Waals surface area contributed by atoms with Crippen LogP contribution in [0.1, 0.15) is 5.56 Å². The lowest BCUT2D eigenvalue weighted by Gasteiger charge is -2.14. The maximum atomic E-state index is 13.3. The monoisotopic (exact) mass is 467 g/mol. The van der Waals surface area contributed by atoms with E-state index in [9.17, 15) is 14.7 Å². The Bertz CT molecular complexity index is 1560. The van der Waals surface area contributed by atoms with Crippen LogP contribution in [-0.2, 0) is 11.3 Å². The lowest BCUT2D eigenvalue weighted by molar-refractivity contribution is -0.113. The number of nitrogens with one attached hydrogen (secondary N) is 1. The van der Waals surface area contributed by atoms with Gasteiger partial charge in [0.15, 0.2) is 5.16 Å². The highest BCUT2D eigenvalue weighted by Gasteiger charge is 2.14. The standard InChI is InChI=1S/C27H21N3O3S/c31-24-15-7-11-19-20(24)12-6-14-22(19)28-25(32)17-34-27-29-23-13-5-4-10-21(23)26(33)30(27)16-18-8-2-1-3-9-18/h1-15,31H,16-17H2,(H,28,32). The van der Waals surface area contributed by atoms with E-state index in [4.69, 9.17) is 0 Å². The molecule has 0 aliphatic carbocycles. The number of rotatable bonds is 6. The van der Waals surface area contributed by atoms with Crippen LogP contribution in [0, 0.1) is 0 Å². The Kier molecular flexibility index (Phi) is 6.01. The van der Waals surface area contributed by atoms with E-state index in [1.165, 1.54) is 11.8 Å². The lowest BCUT2D eigenvalue weighted by Crippen LogP contribution is -2.24. The van der Waals surface area contributed by atoms with Gasteiger partial charge in [0.1, 0.15) is 5.75 Å². The molecule has 0 radical (unpaired) electrons. The number of carbonyl (C=O) groups is 1. The van der Waals surface area contributed by atoms with Crippen molar-refractivity contribution in [3.63, 3.8) is 0 Å². The van der Waals surface area contributed by atoms with Gasteiger partial charge < -0.3 is 10.4 Å². The summed E-state index contributed by atoms with van der Waals surface area (Å²) in [6.45, 7) is 0.365. The van der Waals surface area contributed by atoms with Gasteiger partial charge in [-0.2, -0.15) is 0 Å². The van der Waals surface area contributed by atoms with Crippen LogP contribution in [0.2, 0.25) is 0 Å². The van der Waals surface area contributed by atoms with Crippen LogP contribution in [0.4, 0.5) is 5.69 Å². The molecule has 0 saturated carbocycles. The highest BCUT2D eigenvalue weighted by atomic mass is 32.2. The molecular formula is C27H21N3O3S. The zero-order valence-corrected chi connectivity index (χ0v) is 19.0. The van der Waals surface area contributed by atoms with Gasteiger partial charge in [-0.15, -0.1) is 0 Å². The SMILES string of the molecule is O=C(CSc1nc2ccccc2c(=O)n1Cc1ccccc1)Nc1cccc2c(O)cccc12. The van der Waals surface area contributed by atoms with Crippen molar-refractivity contribution in [1.29, 1.82) is 0 Å². The molecule has 5 aromatic rings. The minimum absolute atomic E-state index is 0.0781. The first-order valence-corrected chi connectivity index (χ1v) is 11.8. The second-order valence-electron chi connectivity index (χ2n) is 7.80. The number of nitrogens with zero attached hydrogens (tertiary/aromatic N) is 2. The van der Waals surface area contributed by atoms with Crippen LogP contribution in [0.5, 0.6) is 5.75 Å². The summed E-state index contributed by atoms with van der Waals surface area (Å²) in [6, 6.07) is 27.5. The van der Waals surface area contributed by atoms with Gasteiger partial charge in [0, 0.05) is 16.5 Å². The van der Waals surface area contributed by atoms with Gasteiger partial charge in [-0.05, 0) is 29.8 Å². The van der Waals surface area contributed by atoms with E-state index >= 15 is 0 Å². The Morgan fingerprint density at radius 1 is 0.853 bits per heavy atom. The van der Waals surface area contributed by atoms with E-state index in [2.05, 4.69) is 10.3 Å². The quantitative estimate of drug-likeness (QED) is 0.270. The number of phenolic OH excluding ortho intramolecular Hbond substituents is 1. The van der Waals surface area contributed by atoms with Crippen LogP contribution in [0.25, 0.3) is 21.7 Å². The number of phenols is 1. The van der Waals surface area contributed by atoms with Crippen molar-refractivity contribution in [3.05, 3.63) is 107 Å². The second-order valence-corrected chi connectivity index (χ2v) is 8.75. The predicted octanol–water partition coefficient (Wildman–Crippen LogP) is 5.03. The molecule has 0 spiro atoms. The highest BCUT2D eigenvalue weighted by molar-refractivity contribution is 7.99. The third kappa shape index (κ3) is 4.38. The van der Waals surface area contributed by atoms with Gasteiger partial charge in [0.2, 0.25) is 5.91 Å². The molecule has 5 rings (SSSR count). The average molecular weight is 468 g/mol. The summed E-state index contributed by atoms with van der Waals surface area (Å²) in [6.07, 6.45) is 0. The van der Waals surface area contributed by atoms with Crippen molar-refractivity contribution in [2.24, 2.45) is 0 Å². The van der Waals surface area contributed by atoms with Crippen LogP contribution in [-0.4, -0.2) is 26.3 Å². The van der Waals surface area contributed by atoms with Gasteiger partial charge in [0.25, 0.3) is 5.56 Å². The van der Waals surface area contributed by atoms with E-state index < -0.39 is 0 Å². The first-order chi connectivity index (χ1) is 16.6. The summed E-state index contributed by atoms with van der Waals surface area (Å²) in [5, 5.41) is 15.5. The summed E-state index contributed by atoms with van der Waals surface area (Å²) >= 11 is 1.22. The number of aromatic nitrogens is 2. The molecule has 34 heavy (non-hydrogen) atoms. The highest BCUT2D eigenvalue weighted by Crippen LogP contribution is 2.30. The normalized spacial score (nSPS) is 11.1. The van der Waals surface area contributed by atoms with Gasteiger partial charge in [-0.3, -0.25) is 14.2 Å². The number of anilines is 1. The molecule has 0 fully saturated rings. The zero-order chi connectivity index (χ0) is 23.5. The first kappa shape index (κ1) is 21.7. The average Bonchev–Trinajstić information content (AvgIpc) is 2.86. The molecule has 0 unspecified atom stereocenters. The van der Waals surface area contributed by atoms with Gasteiger partial charge in [-0.1, -0.05) is 78.5 Å². The summed E-state index contributed by atoms with van der Waals surface area (Å²) < 4.78 is 1.62. The van der Waals surface area contributed by atoms with Crippen molar-refractivity contribution >= 4 is 45.0 Å². The summed E-state index contributed by atoms with van der Waals surface area (Å²) in [5.41, 5.74) is 2.06. The lowest BCUT2D eigenvalue weighted by atomic mass is 10.1. The number of amides is 1. The van der Waals surface area contributed by atoms with Gasteiger partial charge in [0.05, 0.1) is 23.2 Å². The minimum atomic E-state index is -0.227. The number of para-hydroxylation sites is 1. The Hall–Kier alpha value is -4.10. The fourth-order valence-electron chi connectivity index (χ4n) is 3.88.